The van der Waals surface area contributed by atoms with Gasteiger partial charge in [-0.25, -0.2) is 26.5 Å². The largest absolute Gasteiger partial charge is 0.326 e. The molecule has 13 heteroatoms. The lowest BCUT2D eigenvalue weighted by Crippen LogP contribution is -2.35. The van der Waals surface area contributed by atoms with Crippen LogP contribution < -0.4 is 14.9 Å². The van der Waals surface area contributed by atoms with Gasteiger partial charge in [-0.3, -0.25) is 14.5 Å². The van der Waals surface area contributed by atoms with Gasteiger partial charge in [-0.2, -0.15) is 0 Å². The first kappa shape index (κ1) is 22.8. The van der Waals surface area contributed by atoms with Crippen LogP contribution in [-0.4, -0.2) is 57.7 Å². The third-order valence-electron chi connectivity index (χ3n) is 5.19. The Hall–Kier alpha value is -2.35. The molecule has 10 nitrogen and oxygen atoms in total. The number of carbonyl (C=O) groups excluding carboxylic acids is 2. The van der Waals surface area contributed by atoms with E-state index in [-0.39, 0.29) is 41.1 Å². The molecular formula is C19H22N4O6S3. The Morgan fingerprint density at radius 1 is 1.25 bits per heavy atom. The molecule has 2 aliphatic heterocycles. The summed E-state index contributed by atoms with van der Waals surface area (Å²) in [5.41, 5.74) is 0.972. The number of aromatic nitrogens is 1. The normalized spacial score (nSPS) is 20.6. The average Bonchev–Trinajstić information content (AvgIpc) is 3.42. The second-order valence-corrected chi connectivity index (χ2v) is 12.5. The van der Waals surface area contributed by atoms with E-state index in [0.717, 1.165) is 6.42 Å². The lowest BCUT2D eigenvalue weighted by Gasteiger charge is -2.12. The van der Waals surface area contributed by atoms with Crippen LogP contribution in [0.5, 0.6) is 0 Å². The first-order chi connectivity index (χ1) is 15.1. The fourth-order valence-electron chi connectivity index (χ4n) is 3.61. The van der Waals surface area contributed by atoms with Gasteiger partial charge in [0.2, 0.25) is 21.8 Å². The number of thiazole rings is 1. The van der Waals surface area contributed by atoms with Gasteiger partial charge >= 0.3 is 0 Å². The number of anilines is 2. The van der Waals surface area contributed by atoms with Crippen LogP contribution in [-0.2, 0) is 35.9 Å². The van der Waals surface area contributed by atoms with Crippen molar-refractivity contribution >= 4 is 53.8 Å². The minimum Gasteiger partial charge on any atom is -0.326 e. The van der Waals surface area contributed by atoms with E-state index < -0.39 is 25.9 Å². The highest BCUT2D eigenvalue weighted by Gasteiger charge is 2.31. The molecule has 0 aliphatic carbocycles. The van der Waals surface area contributed by atoms with Gasteiger partial charge in [0.05, 0.1) is 28.5 Å². The molecule has 4 rings (SSSR count). The van der Waals surface area contributed by atoms with Gasteiger partial charge in [-0.15, -0.1) is 11.3 Å². The van der Waals surface area contributed by atoms with E-state index >= 15 is 0 Å². The van der Waals surface area contributed by atoms with Crippen LogP contribution >= 0.6 is 11.3 Å². The molecule has 2 fully saturated rings. The van der Waals surface area contributed by atoms with Gasteiger partial charge in [0, 0.05) is 30.1 Å². The van der Waals surface area contributed by atoms with Crippen molar-refractivity contribution in [2.75, 3.05) is 28.3 Å². The first-order valence-corrected chi connectivity index (χ1v) is 14.2. The fraction of sp³-hybridized carbons (Fsp3) is 0.421. The van der Waals surface area contributed by atoms with Crippen molar-refractivity contribution in [3.63, 3.8) is 0 Å². The van der Waals surface area contributed by atoms with Crippen molar-refractivity contribution in [3.05, 3.63) is 35.3 Å². The zero-order chi connectivity index (χ0) is 22.9. The van der Waals surface area contributed by atoms with Crippen molar-refractivity contribution in [1.82, 2.24) is 9.71 Å². The number of benzene rings is 1. The second-order valence-electron chi connectivity index (χ2n) is 7.74. The molecule has 32 heavy (non-hydrogen) atoms. The summed E-state index contributed by atoms with van der Waals surface area (Å²) in [6.45, 7) is 0.638. The van der Waals surface area contributed by atoms with E-state index in [1.807, 2.05) is 0 Å². The van der Waals surface area contributed by atoms with E-state index in [1.165, 1.54) is 35.6 Å². The molecule has 2 aromatic rings. The summed E-state index contributed by atoms with van der Waals surface area (Å²) >= 11 is 1.32. The summed E-state index contributed by atoms with van der Waals surface area (Å²) in [4.78, 5) is 30.1. The van der Waals surface area contributed by atoms with Gasteiger partial charge in [-0.05, 0) is 37.1 Å². The molecule has 3 heterocycles. The number of carbonyl (C=O) groups is 2. The SMILES string of the molecule is O=C(Cc1csc(N2CCCC2=O)n1)Nc1ccc(S(=O)(=O)N[C@H]2CCS(=O)(=O)C2)cc1. The van der Waals surface area contributed by atoms with Crippen LogP contribution in [0.1, 0.15) is 25.0 Å². The van der Waals surface area contributed by atoms with Gasteiger partial charge < -0.3 is 5.32 Å². The standard InChI is InChI=1S/C19H22N4O6S3/c24-17(10-15-11-30-19(21-15)23-8-1-2-18(23)25)20-13-3-5-16(6-4-13)32(28,29)22-14-7-9-31(26,27)12-14/h3-6,11,14,22H,1-2,7-10,12H2,(H,20,24)/t14-/m0/s1. The molecule has 0 spiro atoms. The number of rotatable bonds is 7. The van der Waals surface area contributed by atoms with Gasteiger partial charge in [0.25, 0.3) is 0 Å². The minimum absolute atomic E-state index is 0.0146. The Balaban J connectivity index is 1.34. The zero-order valence-electron chi connectivity index (χ0n) is 17.0. The number of hydrogen-bond acceptors (Lipinski definition) is 8. The molecular weight excluding hydrogens is 476 g/mol. The number of nitrogens with one attached hydrogen (secondary N) is 2. The molecule has 1 aromatic carbocycles. The van der Waals surface area contributed by atoms with E-state index in [2.05, 4.69) is 15.0 Å². The third-order valence-corrected chi connectivity index (χ3v) is 9.41. The smallest absolute Gasteiger partial charge is 0.240 e. The lowest BCUT2D eigenvalue weighted by molar-refractivity contribution is -0.117. The van der Waals surface area contributed by atoms with Gasteiger partial charge in [-0.1, -0.05) is 0 Å². The summed E-state index contributed by atoms with van der Waals surface area (Å²) in [6, 6.07) is 4.99. The summed E-state index contributed by atoms with van der Waals surface area (Å²) < 4.78 is 50.4. The fourth-order valence-corrected chi connectivity index (χ4v) is 7.53. The van der Waals surface area contributed by atoms with Crippen molar-refractivity contribution in [1.29, 1.82) is 0 Å². The molecule has 2 saturated heterocycles. The molecule has 2 aliphatic rings. The maximum atomic E-state index is 12.5. The Morgan fingerprint density at radius 3 is 2.62 bits per heavy atom. The quantitative estimate of drug-likeness (QED) is 0.578. The Labute approximate surface area is 190 Å². The van der Waals surface area contributed by atoms with E-state index in [0.29, 0.717) is 29.5 Å². The summed E-state index contributed by atoms with van der Waals surface area (Å²) in [7, 11) is -7.07. The lowest BCUT2D eigenvalue weighted by atomic mass is 10.3. The molecule has 1 aromatic heterocycles. The molecule has 2 N–H and O–H groups in total. The average molecular weight is 499 g/mol. The highest BCUT2D eigenvalue weighted by Crippen LogP contribution is 2.25. The number of sulfone groups is 1. The predicted octanol–water partition coefficient (Wildman–Crippen LogP) is 0.916. The number of sulfonamides is 1. The Morgan fingerprint density at radius 2 is 2.00 bits per heavy atom. The molecule has 172 valence electrons. The third kappa shape index (κ3) is 5.34. The number of hydrogen-bond donors (Lipinski definition) is 2. The Bertz CT molecular complexity index is 1240. The molecule has 0 unspecified atom stereocenters. The van der Waals surface area contributed by atoms with Crippen molar-refractivity contribution < 1.29 is 26.4 Å². The van der Waals surface area contributed by atoms with E-state index in [4.69, 9.17) is 0 Å². The topological polar surface area (TPSA) is 143 Å². The van der Waals surface area contributed by atoms with Gasteiger partial charge in [0.1, 0.15) is 0 Å². The molecule has 2 amide bonds. The monoisotopic (exact) mass is 498 g/mol. The molecule has 0 radical (unpaired) electrons. The van der Waals surface area contributed by atoms with Crippen LogP contribution in [0, 0.1) is 0 Å². The number of amides is 2. The van der Waals surface area contributed by atoms with Crippen LogP contribution in [0.3, 0.4) is 0 Å². The van der Waals surface area contributed by atoms with E-state index in [1.54, 1.807) is 10.3 Å². The Kier molecular flexibility index (Phi) is 6.34. The zero-order valence-corrected chi connectivity index (χ0v) is 19.4. The van der Waals surface area contributed by atoms with Crippen molar-refractivity contribution in [3.8, 4) is 0 Å². The van der Waals surface area contributed by atoms with Crippen LogP contribution in [0.25, 0.3) is 0 Å². The van der Waals surface area contributed by atoms with Crippen LogP contribution in [0.4, 0.5) is 10.8 Å². The van der Waals surface area contributed by atoms with Gasteiger partial charge in [0.15, 0.2) is 15.0 Å². The van der Waals surface area contributed by atoms with Crippen molar-refractivity contribution in [2.24, 2.45) is 0 Å². The van der Waals surface area contributed by atoms with Crippen LogP contribution in [0.15, 0.2) is 34.5 Å². The summed E-state index contributed by atoms with van der Waals surface area (Å²) in [6.07, 6.45) is 1.59. The minimum atomic E-state index is -3.87. The van der Waals surface area contributed by atoms with E-state index in [9.17, 15) is 26.4 Å². The molecule has 0 bridgehead atoms. The summed E-state index contributed by atoms with van der Waals surface area (Å²) in [5, 5.41) is 5.02. The molecule has 1 atom stereocenters. The number of nitrogens with zero attached hydrogens (tertiary/aromatic N) is 2. The van der Waals surface area contributed by atoms with Crippen LogP contribution in [0.2, 0.25) is 0 Å². The maximum absolute atomic E-state index is 12.5. The predicted molar refractivity (Wildman–Crippen MR) is 120 cm³/mol. The second kappa shape index (κ2) is 8.89. The maximum Gasteiger partial charge on any atom is 0.240 e. The molecule has 0 saturated carbocycles. The highest BCUT2D eigenvalue weighted by molar-refractivity contribution is 7.92. The summed E-state index contributed by atoms with van der Waals surface area (Å²) in [5.74, 6) is -0.515. The first-order valence-electron chi connectivity index (χ1n) is 9.99. The van der Waals surface area contributed by atoms with Crippen molar-refractivity contribution in [2.45, 2.75) is 36.6 Å². The highest BCUT2D eigenvalue weighted by atomic mass is 32.2.